The molecule has 0 radical (unpaired) electrons. The van der Waals surface area contributed by atoms with Crippen LogP contribution in [0.5, 0.6) is 0 Å². The maximum Gasteiger partial charge on any atom is 0.353 e. The maximum atomic E-state index is 14.4. The lowest BCUT2D eigenvalue weighted by Crippen LogP contribution is -2.85. The minimum absolute atomic E-state index is 0.136. The van der Waals surface area contributed by atoms with E-state index in [0.717, 1.165) is 31.9 Å². The molecule has 1 aliphatic carbocycles. The van der Waals surface area contributed by atoms with Gasteiger partial charge in [-0.05, 0) is 32.2 Å². The van der Waals surface area contributed by atoms with Gasteiger partial charge in [-0.15, -0.1) is 0 Å². The molecule has 4 aliphatic rings. The fraction of sp³-hybridized carbons (Fsp3) is 0.364. The summed E-state index contributed by atoms with van der Waals surface area (Å²) in [6.07, 6.45) is 6.35. The molecule has 7 nitrogen and oxygen atoms in total. The van der Waals surface area contributed by atoms with Crippen molar-refractivity contribution in [1.29, 1.82) is 0 Å². The normalized spacial score (nSPS) is 28.7. The third-order valence-electron chi connectivity index (χ3n) is 6.39. The average molecular weight is 409 g/mol. The number of hydrogen-bond donors (Lipinski definition) is 3. The number of fused-ring (bicyclic) bond motifs is 2. The van der Waals surface area contributed by atoms with Crippen LogP contribution in [-0.4, -0.2) is 66.4 Å². The summed E-state index contributed by atoms with van der Waals surface area (Å²) in [5, 5.41) is 4.84. The van der Waals surface area contributed by atoms with Gasteiger partial charge in [-0.25, -0.2) is 14.5 Å². The topological polar surface area (TPSA) is 90.6 Å². The number of nitrogens with two attached hydrogens (primary N) is 2. The van der Waals surface area contributed by atoms with E-state index in [1.807, 2.05) is 0 Å². The second-order valence-electron chi connectivity index (χ2n) is 8.55. The van der Waals surface area contributed by atoms with Gasteiger partial charge in [-0.3, -0.25) is 4.99 Å². The summed E-state index contributed by atoms with van der Waals surface area (Å²) in [4.78, 5) is 22.3. The molecule has 1 saturated heterocycles. The molecule has 3 heterocycles. The Hall–Kier alpha value is -2.97. The molecule has 1 amide bonds. The predicted octanol–water partition coefficient (Wildman–Crippen LogP) is 0.0607. The second kappa shape index (κ2) is 6.78. The Labute approximate surface area is 174 Å². The van der Waals surface area contributed by atoms with E-state index < -0.39 is 11.4 Å². The number of allylic oxidation sites excluding steroid dienone is 1. The molecule has 2 atom stereocenters. The van der Waals surface area contributed by atoms with Crippen molar-refractivity contribution in [3.63, 3.8) is 0 Å². The first-order valence-electron chi connectivity index (χ1n) is 10.2. The van der Waals surface area contributed by atoms with E-state index >= 15 is 0 Å². The molecule has 5 rings (SSSR count). The number of rotatable bonds is 2. The summed E-state index contributed by atoms with van der Waals surface area (Å²) in [5.41, 5.74) is 8.12. The van der Waals surface area contributed by atoms with Gasteiger partial charge in [0.1, 0.15) is 22.9 Å². The van der Waals surface area contributed by atoms with Gasteiger partial charge in [0, 0.05) is 37.9 Å². The van der Waals surface area contributed by atoms with Gasteiger partial charge in [0.2, 0.25) is 0 Å². The van der Waals surface area contributed by atoms with E-state index in [-0.39, 0.29) is 28.8 Å². The third-order valence-corrected chi connectivity index (χ3v) is 6.39. The minimum Gasteiger partial charge on any atom is -0.397 e. The number of aliphatic imine (C=N–C) groups is 1. The van der Waals surface area contributed by atoms with Gasteiger partial charge in [-0.1, -0.05) is 12.1 Å². The first-order chi connectivity index (χ1) is 14.4. The van der Waals surface area contributed by atoms with Crippen LogP contribution in [0.2, 0.25) is 0 Å². The van der Waals surface area contributed by atoms with Crippen molar-refractivity contribution in [2.24, 2.45) is 10.7 Å². The van der Waals surface area contributed by atoms with Crippen LogP contribution in [0, 0.1) is 5.82 Å². The number of piperazine rings is 1. The lowest BCUT2D eigenvalue weighted by Gasteiger charge is -2.38. The summed E-state index contributed by atoms with van der Waals surface area (Å²) >= 11 is 0. The second-order valence-corrected chi connectivity index (χ2v) is 8.55. The van der Waals surface area contributed by atoms with Crippen molar-refractivity contribution < 1.29 is 14.5 Å². The summed E-state index contributed by atoms with van der Waals surface area (Å²) in [6, 6.07) is 4.47. The Kier molecular flexibility index (Phi) is 4.30. The highest BCUT2D eigenvalue weighted by Crippen LogP contribution is 2.33. The monoisotopic (exact) mass is 409 g/mol. The number of likely N-dealkylation sites (N-methyl/N-ethyl adjacent to an activating group) is 1. The average Bonchev–Trinajstić information content (AvgIpc) is 3.04. The van der Waals surface area contributed by atoms with Crippen molar-refractivity contribution in [3.8, 4) is 0 Å². The molecule has 3 aliphatic heterocycles. The standard InChI is InChI=1S/C22H25FN6O/c1-22-12-13(29-10-8-28(2)9-11-29)6-7-16(22)26-20(27-22)18-19(24)17-14(23)4-3-5-15(17)25-21(18)30/h3-7,12,16H,8-11H2,1-2H3,(H,26,27)(H3,24,25,30)/p+1. The van der Waals surface area contributed by atoms with E-state index in [9.17, 15) is 9.18 Å². The largest absolute Gasteiger partial charge is 0.397 e. The van der Waals surface area contributed by atoms with Crippen molar-refractivity contribution in [3.05, 3.63) is 59.1 Å². The van der Waals surface area contributed by atoms with Gasteiger partial charge in [-0.2, -0.15) is 0 Å². The molecule has 30 heavy (non-hydrogen) atoms. The van der Waals surface area contributed by atoms with Crippen molar-refractivity contribution in [2.45, 2.75) is 18.5 Å². The number of hydrogen-bond acceptors (Lipinski definition) is 6. The number of quaternary nitrogens is 1. The predicted molar refractivity (Wildman–Crippen MR) is 113 cm³/mol. The molecule has 0 saturated carbocycles. The highest BCUT2D eigenvalue weighted by atomic mass is 19.1. The van der Waals surface area contributed by atoms with Gasteiger partial charge in [0.25, 0.3) is 0 Å². The van der Waals surface area contributed by atoms with Crippen molar-refractivity contribution in [1.82, 2.24) is 15.1 Å². The van der Waals surface area contributed by atoms with E-state index in [4.69, 9.17) is 10.7 Å². The van der Waals surface area contributed by atoms with Gasteiger partial charge in [0.05, 0.1) is 22.8 Å². The number of benzene rings is 1. The Balaban J connectivity index is 1.47. The number of carbonyl (C=O) groups excluding carboxylic acids is 1. The number of halogens is 1. The number of nitrogens with one attached hydrogen (secondary N) is 1. The summed E-state index contributed by atoms with van der Waals surface area (Å²) in [5.74, 6) is -0.271. The summed E-state index contributed by atoms with van der Waals surface area (Å²) in [7, 11) is 2.13. The van der Waals surface area contributed by atoms with Gasteiger partial charge in [0.15, 0.2) is 0 Å². The molecule has 0 spiro atoms. The molecule has 0 bridgehead atoms. The molecular formula is C22H26FN6O+. The zero-order chi connectivity index (χ0) is 21.0. The fourth-order valence-electron chi connectivity index (χ4n) is 4.59. The van der Waals surface area contributed by atoms with E-state index in [0.29, 0.717) is 11.5 Å². The van der Waals surface area contributed by atoms with Crippen LogP contribution in [0.25, 0.3) is 5.70 Å². The Morgan fingerprint density at radius 1 is 1.30 bits per heavy atom. The molecule has 0 aromatic heterocycles. The number of amidine groups is 1. The Morgan fingerprint density at radius 3 is 2.83 bits per heavy atom. The SMILES string of the molecule is CN1CCN(C2=CC3(C)NC(C4=C(N)c5c(F)cccc5[NH2+]C4=O)=NC3C=C2)CC1. The van der Waals surface area contributed by atoms with Crippen LogP contribution in [0.1, 0.15) is 12.5 Å². The zero-order valence-corrected chi connectivity index (χ0v) is 17.2. The molecule has 2 unspecified atom stereocenters. The lowest BCUT2D eigenvalue weighted by molar-refractivity contribution is -0.480. The number of amides is 1. The Bertz CT molecular complexity index is 1050. The Morgan fingerprint density at radius 2 is 2.07 bits per heavy atom. The molecule has 1 fully saturated rings. The molecule has 8 heteroatoms. The summed E-state index contributed by atoms with van der Waals surface area (Å²) in [6.45, 7) is 6.07. The summed E-state index contributed by atoms with van der Waals surface area (Å²) < 4.78 is 14.4. The van der Waals surface area contributed by atoms with Crippen molar-refractivity contribution in [2.75, 3.05) is 33.2 Å². The maximum absolute atomic E-state index is 14.4. The first kappa shape index (κ1) is 19.0. The van der Waals surface area contributed by atoms with Gasteiger partial charge >= 0.3 is 5.91 Å². The van der Waals surface area contributed by atoms with Crippen LogP contribution in [0.3, 0.4) is 0 Å². The smallest absolute Gasteiger partial charge is 0.353 e. The zero-order valence-electron chi connectivity index (χ0n) is 17.2. The quantitative estimate of drug-likeness (QED) is 0.601. The number of carbonyl (C=O) groups is 1. The lowest BCUT2D eigenvalue weighted by atomic mass is 9.88. The number of primary amides is 1. The van der Waals surface area contributed by atoms with E-state index in [1.165, 1.54) is 11.4 Å². The molecule has 1 aromatic carbocycles. The fourth-order valence-corrected chi connectivity index (χ4v) is 4.59. The molecular weight excluding hydrogens is 383 g/mol. The highest BCUT2D eigenvalue weighted by Gasteiger charge is 2.44. The molecule has 156 valence electrons. The van der Waals surface area contributed by atoms with E-state index in [1.54, 1.807) is 12.1 Å². The van der Waals surface area contributed by atoms with E-state index in [2.05, 4.69) is 47.3 Å². The van der Waals surface area contributed by atoms with Crippen LogP contribution in [-0.2, 0) is 4.79 Å². The molecule has 5 N–H and O–H groups in total. The van der Waals surface area contributed by atoms with Crippen LogP contribution < -0.4 is 16.4 Å². The van der Waals surface area contributed by atoms with Gasteiger partial charge < -0.3 is 20.9 Å². The van der Waals surface area contributed by atoms with Crippen molar-refractivity contribution >= 4 is 23.1 Å². The minimum atomic E-state index is -0.466. The van der Waals surface area contributed by atoms with Crippen LogP contribution in [0.4, 0.5) is 10.1 Å². The molecule has 1 aromatic rings. The van der Waals surface area contributed by atoms with Crippen LogP contribution >= 0.6 is 0 Å². The van der Waals surface area contributed by atoms with Crippen LogP contribution in [0.15, 0.2) is 52.7 Å². The first-order valence-corrected chi connectivity index (χ1v) is 10.2. The highest BCUT2D eigenvalue weighted by molar-refractivity contribution is 6.25. The third kappa shape index (κ3) is 2.95. The number of nitrogens with zero attached hydrogens (tertiary/aromatic N) is 3.